The minimum atomic E-state index is 0.648. The molecule has 0 saturated heterocycles. The van der Waals surface area contributed by atoms with Crippen LogP contribution in [-0.2, 0) is 20.0 Å². The van der Waals surface area contributed by atoms with Gasteiger partial charge in [-0.15, -0.1) is 0 Å². The second-order valence-corrected chi connectivity index (χ2v) is 4.84. The van der Waals surface area contributed by atoms with E-state index in [-0.39, 0.29) is 0 Å². The first kappa shape index (κ1) is 14.6. The topological polar surface area (TPSA) is 39.1 Å². The largest absolute Gasteiger partial charge is 0.493 e. The summed E-state index contributed by atoms with van der Waals surface area (Å²) in [7, 11) is 2.00. The van der Waals surface area contributed by atoms with Gasteiger partial charge in [0.2, 0.25) is 0 Å². The summed E-state index contributed by atoms with van der Waals surface area (Å²) in [4.78, 5) is 4.30. The lowest BCUT2D eigenvalue weighted by Gasteiger charge is -2.12. The van der Waals surface area contributed by atoms with Crippen LogP contribution in [-0.4, -0.2) is 22.7 Å². The number of imidazole rings is 1. The molecule has 1 aromatic heterocycles. The molecule has 0 atom stereocenters. The first-order valence-electron chi connectivity index (χ1n) is 7.19. The van der Waals surface area contributed by atoms with Gasteiger partial charge in [-0.25, -0.2) is 4.98 Å². The average Bonchev–Trinajstić information content (AvgIpc) is 2.86. The molecule has 1 N–H and O–H groups in total. The van der Waals surface area contributed by atoms with E-state index in [1.165, 1.54) is 5.56 Å². The van der Waals surface area contributed by atoms with E-state index < -0.39 is 0 Å². The summed E-state index contributed by atoms with van der Waals surface area (Å²) in [5.74, 6) is 2.01. The smallest absolute Gasteiger partial charge is 0.123 e. The number of nitrogens with zero attached hydrogens (tertiary/aromatic N) is 2. The molecular weight excluding hydrogens is 250 g/mol. The molecule has 0 aliphatic rings. The van der Waals surface area contributed by atoms with Crippen molar-refractivity contribution < 1.29 is 4.74 Å². The van der Waals surface area contributed by atoms with Crippen LogP contribution < -0.4 is 10.1 Å². The van der Waals surface area contributed by atoms with Crippen LogP contribution in [0.1, 0.15) is 24.7 Å². The Morgan fingerprint density at radius 2 is 2.15 bits per heavy atom. The molecule has 1 heterocycles. The maximum Gasteiger partial charge on any atom is 0.123 e. The number of nitrogens with one attached hydrogen (secondary N) is 1. The Hall–Kier alpha value is -1.81. The number of ether oxygens (including phenoxy) is 1. The van der Waals surface area contributed by atoms with Gasteiger partial charge in [0.25, 0.3) is 0 Å². The highest BCUT2D eigenvalue weighted by molar-refractivity contribution is 5.33. The van der Waals surface area contributed by atoms with Crippen molar-refractivity contribution in [1.29, 1.82) is 0 Å². The molecule has 0 radical (unpaired) electrons. The standard InChI is InChI=1S/C16H23N3O/c1-3-9-17-13-14-6-4-5-7-15(14)20-12-8-16-18-10-11-19(16)2/h4-7,10-11,17H,3,8-9,12-13H2,1-2H3. The third-order valence-corrected chi connectivity index (χ3v) is 3.22. The summed E-state index contributed by atoms with van der Waals surface area (Å²) >= 11 is 0. The Morgan fingerprint density at radius 3 is 2.90 bits per heavy atom. The third kappa shape index (κ3) is 4.10. The summed E-state index contributed by atoms with van der Waals surface area (Å²) < 4.78 is 7.93. The molecule has 0 aliphatic heterocycles. The van der Waals surface area contributed by atoms with E-state index in [2.05, 4.69) is 29.4 Å². The van der Waals surface area contributed by atoms with Gasteiger partial charge < -0.3 is 14.6 Å². The van der Waals surface area contributed by atoms with Crippen LogP contribution in [0.25, 0.3) is 0 Å². The van der Waals surface area contributed by atoms with E-state index in [1.807, 2.05) is 36.1 Å². The van der Waals surface area contributed by atoms with Crippen molar-refractivity contribution in [3.63, 3.8) is 0 Å². The monoisotopic (exact) mass is 273 g/mol. The molecule has 2 aromatic rings. The Balaban J connectivity index is 1.87. The van der Waals surface area contributed by atoms with E-state index in [4.69, 9.17) is 4.74 Å². The molecule has 20 heavy (non-hydrogen) atoms. The molecule has 2 rings (SSSR count). The fraction of sp³-hybridized carbons (Fsp3) is 0.438. The van der Waals surface area contributed by atoms with Gasteiger partial charge in [-0.3, -0.25) is 0 Å². The van der Waals surface area contributed by atoms with Gasteiger partial charge >= 0.3 is 0 Å². The van der Waals surface area contributed by atoms with Crippen LogP contribution in [0.2, 0.25) is 0 Å². The maximum atomic E-state index is 5.90. The lowest BCUT2D eigenvalue weighted by molar-refractivity contribution is 0.313. The summed E-state index contributed by atoms with van der Waals surface area (Å²) in [6.07, 6.45) is 5.73. The fourth-order valence-corrected chi connectivity index (χ4v) is 2.08. The molecule has 0 amide bonds. The van der Waals surface area contributed by atoms with Crippen molar-refractivity contribution in [2.45, 2.75) is 26.3 Å². The van der Waals surface area contributed by atoms with E-state index in [9.17, 15) is 0 Å². The number of para-hydroxylation sites is 1. The average molecular weight is 273 g/mol. The van der Waals surface area contributed by atoms with Gasteiger partial charge in [0.15, 0.2) is 0 Å². The van der Waals surface area contributed by atoms with Crippen molar-refractivity contribution in [3.05, 3.63) is 48.0 Å². The Bertz CT molecular complexity index is 522. The van der Waals surface area contributed by atoms with Crippen LogP contribution >= 0.6 is 0 Å². The van der Waals surface area contributed by atoms with E-state index in [0.29, 0.717) is 6.61 Å². The summed E-state index contributed by atoms with van der Waals surface area (Å²) in [5, 5.41) is 3.41. The van der Waals surface area contributed by atoms with Gasteiger partial charge in [-0.2, -0.15) is 0 Å². The zero-order chi connectivity index (χ0) is 14.2. The van der Waals surface area contributed by atoms with Gasteiger partial charge in [0.1, 0.15) is 11.6 Å². The quantitative estimate of drug-likeness (QED) is 0.751. The molecule has 0 saturated carbocycles. The van der Waals surface area contributed by atoms with Gasteiger partial charge in [-0.05, 0) is 19.0 Å². The third-order valence-electron chi connectivity index (χ3n) is 3.22. The molecule has 0 spiro atoms. The number of aromatic nitrogens is 2. The van der Waals surface area contributed by atoms with Crippen molar-refractivity contribution in [2.24, 2.45) is 7.05 Å². The summed E-state index contributed by atoms with van der Waals surface area (Å²) in [6.45, 7) is 4.70. The first-order valence-corrected chi connectivity index (χ1v) is 7.19. The van der Waals surface area contributed by atoms with Crippen LogP contribution in [0.3, 0.4) is 0 Å². The fourth-order valence-electron chi connectivity index (χ4n) is 2.08. The molecule has 4 heteroatoms. The number of hydrogen-bond donors (Lipinski definition) is 1. The molecule has 0 aliphatic carbocycles. The van der Waals surface area contributed by atoms with Crippen LogP contribution in [0, 0.1) is 0 Å². The predicted molar refractivity (Wildman–Crippen MR) is 80.8 cm³/mol. The summed E-state index contributed by atoms with van der Waals surface area (Å²) in [6, 6.07) is 8.20. The molecule has 0 bridgehead atoms. The number of rotatable bonds is 8. The highest BCUT2D eigenvalue weighted by Gasteiger charge is 2.04. The van der Waals surface area contributed by atoms with E-state index in [1.54, 1.807) is 0 Å². The summed E-state index contributed by atoms with van der Waals surface area (Å²) in [5.41, 5.74) is 1.21. The minimum Gasteiger partial charge on any atom is -0.493 e. The van der Waals surface area contributed by atoms with E-state index in [0.717, 1.165) is 37.5 Å². The van der Waals surface area contributed by atoms with Crippen molar-refractivity contribution in [3.8, 4) is 5.75 Å². The highest BCUT2D eigenvalue weighted by Crippen LogP contribution is 2.17. The Labute approximate surface area is 120 Å². The predicted octanol–water partition coefficient (Wildman–Crippen LogP) is 2.54. The number of hydrogen-bond acceptors (Lipinski definition) is 3. The minimum absolute atomic E-state index is 0.648. The van der Waals surface area contributed by atoms with Gasteiger partial charge in [0, 0.05) is 38.0 Å². The van der Waals surface area contributed by atoms with Gasteiger partial charge in [-0.1, -0.05) is 25.1 Å². The van der Waals surface area contributed by atoms with Crippen molar-refractivity contribution in [2.75, 3.05) is 13.2 Å². The maximum absolute atomic E-state index is 5.90. The molecule has 4 nitrogen and oxygen atoms in total. The number of benzene rings is 1. The van der Waals surface area contributed by atoms with Crippen LogP contribution in [0.5, 0.6) is 5.75 Å². The first-order chi connectivity index (χ1) is 9.81. The lowest BCUT2D eigenvalue weighted by Crippen LogP contribution is -2.15. The second-order valence-electron chi connectivity index (χ2n) is 4.84. The van der Waals surface area contributed by atoms with Crippen molar-refractivity contribution >= 4 is 0 Å². The molecule has 0 unspecified atom stereocenters. The molecular formula is C16H23N3O. The number of aryl methyl sites for hydroxylation is 1. The van der Waals surface area contributed by atoms with E-state index >= 15 is 0 Å². The highest BCUT2D eigenvalue weighted by atomic mass is 16.5. The second kappa shape index (κ2) is 7.70. The van der Waals surface area contributed by atoms with Gasteiger partial charge in [0.05, 0.1) is 6.61 Å². The molecule has 1 aromatic carbocycles. The SMILES string of the molecule is CCCNCc1ccccc1OCCc1nccn1C. The van der Waals surface area contributed by atoms with Crippen LogP contribution in [0.4, 0.5) is 0 Å². The van der Waals surface area contributed by atoms with Crippen molar-refractivity contribution in [1.82, 2.24) is 14.9 Å². The molecule has 108 valence electrons. The zero-order valence-corrected chi connectivity index (χ0v) is 12.3. The Morgan fingerprint density at radius 1 is 1.30 bits per heavy atom. The lowest BCUT2D eigenvalue weighted by atomic mass is 10.2. The Kier molecular flexibility index (Phi) is 5.62. The van der Waals surface area contributed by atoms with Crippen LogP contribution in [0.15, 0.2) is 36.7 Å². The normalized spacial score (nSPS) is 10.7. The molecule has 0 fully saturated rings. The zero-order valence-electron chi connectivity index (χ0n) is 12.3.